The highest BCUT2D eigenvalue weighted by Crippen LogP contribution is 2.33. The molecular weight excluding hydrogens is 491 g/mol. The van der Waals surface area contributed by atoms with Gasteiger partial charge in [-0.3, -0.25) is 9.89 Å². The molecule has 170 valence electrons. The minimum atomic E-state index is 0. The van der Waals surface area contributed by atoms with Gasteiger partial charge in [0.05, 0.1) is 19.3 Å². The number of aliphatic imine (C=N–C) groups is 1. The third-order valence-corrected chi connectivity index (χ3v) is 6.09. The van der Waals surface area contributed by atoms with Crippen LogP contribution in [-0.2, 0) is 9.47 Å². The average molecular weight is 530 g/mol. The Morgan fingerprint density at radius 2 is 1.87 bits per heavy atom. The highest BCUT2D eigenvalue weighted by molar-refractivity contribution is 14.0. The van der Waals surface area contributed by atoms with Crippen molar-refractivity contribution in [2.45, 2.75) is 38.8 Å². The van der Waals surface area contributed by atoms with E-state index in [9.17, 15) is 0 Å². The Hall–Kier alpha value is -0.900. The van der Waals surface area contributed by atoms with E-state index in [0.717, 1.165) is 58.4 Å². The van der Waals surface area contributed by atoms with Crippen LogP contribution >= 0.6 is 24.0 Å². The van der Waals surface area contributed by atoms with Gasteiger partial charge in [-0.1, -0.05) is 44.2 Å². The summed E-state index contributed by atoms with van der Waals surface area (Å²) in [6.45, 7) is 10.9. The van der Waals surface area contributed by atoms with E-state index in [1.54, 1.807) is 0 Å². The first-order valence-corrected chi connectivity index (χ1v) is 11.1. The first kappa shape index (κ1) is 25.4. The molecule has 2 saturated heterocycles. The van der Waals surface area contributed by atoms with Gasteiger partial charge in [0.15, 0.2) is 5.96 Å². The molecule has 2 aliphatic heterocycles. The van der Waals surface area contributed by atoms with Crippen LogP contribution in [-0.4, -0.2) is 69.9 Å². The average Bonchev–Trinajstić information content (AvgIpc) is 2.77. The van der Waals surface area contributed by atoms with Crippen LogP contribution in [0.3, 0.4) is 0 Å². The second-order valence-corrected chi connectivity index (χ2v) is 8.40. The largest absolute Gasteiger partial charge is 0.379 e. The van der Waals surface area contributed by atoms with Crippen LogP contribution in [0.2, 0.25) is 0 Å². The van der Waals surface area contributed by atoms with Crippen molar-refractivity contribution >= 4 is 29.9 Å². The minimum absolute atomic E-state index is 0. The molecule has 2 fully saturated rings. The molecule has 2 heterocycles. The van der Waals surface area contributed by atoms with E-state index < -0.39 is 0 Å². The van der Waals surface area contributed by atoms with E-state index in [0.29, 0.717) is 17.9 Å². The Bertz CT molecular complexity index is 623. The third kappa shape index (κ3) is 7.35. The quantitative estimate of drug-likeness (QED) is 0.322. The highest BCUT2D eigenvalue weighted by Gasteiger charge is 2.28. The number of morpholine rings is 1. The molecule has 0 bridgehead atoms. The van der Waals surface area contributed by atoms with Crippen molar-refractivity contribution in [2.24, 2.45) is 16.8 Å². The molecule has 2 N–H and O–H groups in total. The van der Waals surface area contributed by atoms with Crippen molar-refractivity contribution in [3.63, 3.8) is 0 Å². The molecular formula is C23H39IN4O2. The first-order valence-electron chi connectivity index (χ1n) is 11.1. The summed E-state index contributed by atoms with van der Waals surface area (Å²) in [7, 11) is 1.85. The number of benzene rings is 1. The molecule has 0 aromatic heterocycles. The predicted octanol–water partition coefficient (Wildman–Crippen LogP) is 3.29. The Kier molecular flexibility index (Phi) is 11.4. The van der Waals surface area contributed by atoms with Crippen molar-refractivity contribution in [2.75, 3.05) is 53.0 Å². The molecule has 0 radical (unpaired) electrons. The lowest BCUT2D eigenvalue weighted by Gasteiger charge is -2.37. The number of hydrogen-bond donors (Lipinski definition) is 2. The molecule has 3 atom stereocenters. The summed E-state index contributed by atoms with van der Waals surface area (Å²) in [6, 6.07) is 11.1. The highest BCUT2D eigenvalue weighted by atomic mass is 127. The van der Waals surface area contributed by atoms with Crippen molar-refractivity contribution in [3.05, 3.63) is 35.9 Å². The van der Waals surface area contributed by atoms with Gasteiger partial charge in [-0.05, 0) is 24.3 Å². The Morgan fingerprint density at radius 1 is 1.13 bits per heavy atom. The number of ether oxygens (including phenoxy) is 2. The number of guanidine groups is 1. The van der Waals surface area contributed by atoms with Crippen LogP contribution < -0.4 is 10.6 Å². The second kappa shape index (κ2) is 13.5. The summed E-state index contributed by atoms with van der Waals surface area (Å²) in [6.07, 6.45) is 2.45. The molecule has 3 rings (SSSR count). The number of nitrogens with one attached hydrogen (secondary N) is 2. The van der Waals surface area contributed by atoms with Gasteiger partial charge >= 0.3 is 0 Å². The summed E-state index contributed by atoms with van der Waals surface area (Å²) in [4.78, 5) is 6.99. The van der Waals surface area contributed by atoms with Gasteiger partial charge in [-0.15, -0.1) is 24.0 Å². The fourth-order valence-electron chi connectivity index (χ4n) is 4.41. The maximum atomic E-state index is 6.13. The smallest absolute Gasteiger partial charge is 0.191 e. The molecule has 0 spiro atoms. The zero-order valence-electron chi connectivity index (χ0n) is 18.7. The van der Waals surface area contributed by atoms with Gasteiger partial charge in [0.25, 0.3) is 0 Å². The predicted molar refractivity (Wildman–Crippen MR) is 134 cm³/mol. The SMILES string of the molecule is CN=C(NCC1CCCOC1c1ccccc1)NCC(C(C)C)N1CCOCC1.I. The fourth-order valence-corrected chi connectivity index (χ4v) is 4.41. The van der Waals surface area contributed by atoms with Gasteiger partial charge in [-0.25, -0.2) is 0 Å². The summed E-state index contributed by atoms with van der Waals surface area (Å²) in [5.74, 6) is 1.90. The van der Waals surface area contributed by atoms with Crippen molar-refractivity contribution in [3.8, 4) is 0 Å². The van der Waals surface area contributed by atoms with Gasteiger partial charge in [0.1, 0.15) is 0 Å². The maximum Gasteiger partial charge on any atom is 0.191 e. The van der Waals surface area contributed by atoms with Gasteiger partial charge in [-0.2, -0.15) is 0 Å². The Labute approximate surface area is 199 Å². The second-order valence-electron chi connectivity index (χ2n) is 8.40. The summed E-state index contributed by atoms with van der Waals surface area (Å²) < 4.78 is 11.7. The van der Waals surface area contributed by atoms with Crippen LogP contribution in [0.15, 0.2) is 35.3 Å². The summed E-state index contributed by atoms with van der Waals surface area (Å²) in [5.41, 5.74) is 1.27. The van der Waals surface area contributed by atoms with Crippen LogP contribution in [0, 0.1) is 11.8 Å². The normalized spacial score (nSPS) is 24.2. The van der Waals surface area contributed by atoms with E-state index in [-0.39, 0.29) is 30.1 Å². The molecule has 0 aliphatic carbocycles. The number of hydrogen-bond acceptors (Lipinski definition) is 4. The number of halogens is 1. The van der Waals surface area contributed by atoms with Crippen molar-refractivity contribution in [1.82, 2.24) is 15.5 Å². The molecule has 0 amide bonds. The van der Waals surface area contributed by atoms with Gasteiger partial charge in [0, 0.05) is 51.8 Å². The standard InChI is InChI=1S/C23H38N4O2.HI/c1-18(2)21(27-11-14-28-15-12-27)17-26-23(24-3)25-16-20-10-7-13-29-22(20)19-8-5-4-6-9-19;/h4-6,8-9,18,20-22H,7,10-17H2,1-3H3,(H2,24,25,26);1H. The maximum absolute atomic E-state index is 6.13. The number of rotatable bonds is 7. The fraction of sp³-hybridized carbons (Fsp3) is 0.696. The molecule has 30 heavy (non-hydrogen) atoms. The van der Waals surface area contributed by atoms with Gasteiger partial charge < -0.3 is 20.1 Å². The zero-order chi connectivity index (χ0) is 20.5. The summed E-state index contributed by atoms with van der Waals surface area (Å²) >= 11 is 0. The van der Waals surface area contributed by atoms with Crippen LogP contribution in [0.5, 0.6) is 0 Å². The molecule has 2 aliphatic rings. The summed E-state index contributed by atoms with van der Waals surface area (Å²) in [5, 5.41) is 7.11. The molecule has 1 aromatic carbocycles. The van der Waals surface area contributed by atoms with E-state index in [1.165, 1.54) is 12.0 Å². The van der Waals surface area contributed by atoms with Gasteiger partial charge in [0.2, 0.25) is 0 Å². The number of nitrogens with zero attached hydrogens (tertiary/aromatic N) is 2. The van der Waals surface area contributed by atoms with E-state index in [1.807, 2.05) is 7.05 Å². The van der Waals surface area contributed by atoms with E-state index >= 15 is 0 Å². The lowest BCUT2D eigenvalue weighted by molar-refractivity contribution is -0.0265. The molecule has 6 nitrogen and oxygen atoms in total. The van der Waals surface area contributed by atoms with Crippen molar-refractivity contribution < 1.29 is 9.47 Å². The lowest BCUT2D eigenvalue weighted by atomic mass is 9.89. The van der Waals surface area contributed by atoms with Crippen LogP contribution in [0.4, 0.5) is 0 Å². The molecule has 0 saturated carbocycles. The Morgan fingerprint density at radius 3 is 2.53 bits per heavy atom. The monoisotopic (exact) mass is 530 g/mol. The zero-order valence-corrected chi connectivity index (χ0v) is 21.0. The minimum Gasteiger partial charge on any atom is -0.379 e. The lowest BCUT2D eigenvalue weighted by Crippen LogP contribution is -2.53. The van der Waals surface area contributed by atoms with Crippen LogP contribution in [0.25, 0.3) is 0 Å². The van der Waals surface area contributed by atoms with E-state index in [4.69, 9.17) is 9.47 Å². The Balaban J connectivity index is 0.00000320. The molecule has 3 unspecified atom stereocenters. The van der Waals surface area contributed by atoms with Crippen molar-refractivity contribution in [1.29, 1.82) is 0 Å². The molecule has 1 aromatic rings. The third-order valence-electron chi connectivity index (χ3n) is 6.09. The van der Waals surface area contributed by atoms with Crippen LogP contribution in [0.1, 0.15) is 38.4 Å². The molecule has 7 heteroatoms. The topological polar surface area (TPSA) is 58.1 Å². The first-order chi connectivity index (χ1) is 14.2. The van der Waals surface area contributed by atoms with E-state index in [2.05, 4.69) is 64.7 Å².